The van der Waals surface area contributed by atoms with Gasteiger partial charge in [-0.05, 0) is 25.7 Å². The average Bonchev–Trinajstić information content (AvgIpc) is 2.89. The molecule has 0 unspecified atom stereocenters. The van der Waals surface area contributed by atoms with Crippen LogP contribution in [0.2, 0.25) is 0 Å². The normalized spacial score (nSPS) is 15.7. The summed E-state index contributed by atoms with van der Waals surface area (Å²) in [7, 11) is 1.76. The zero-order chi connectivity index (χ0) is 12.8. The van der Waals surface area contributed by atoms with E-state index >= 15 is 0 Å². The van der Waals surface area contributed by atoms with Gasteiger partial charge in [0.2, 0.25) is 5.95 Å². The predicted octanol–water partition coefficient (Wildman–Crippen LogP) is 1.88. The number of aromatic nitrogens is 3. The molecule has 1 N–H and O–H groups in total. The van der Waals surface area contributed by atoms with E-state index in [1.165, 1.54) is 25.7 Å². The minimum absolute atomic E-state index is 0.304. The van der Waals surface area contributed by atoms with Crippen LogP contribution in [0, 0.1) is 5.92 Å². The van der Waals surface area contributed by atoms with Gasteiger partial charge in [0.15, 0.2) is 0 Å². The Labute approximate surface area is 107 Å². The molecule has 1 aliphatic carbocycles. The van der Waals surface area contributed by atoms with Crippen molar-refractivity contribution in [2.75, 3.05) is 25.6 Å². The van der Waals surface area contributed by atoms with Crippen LogP contribution in [0.15, 0.2) is 0 Å². The summed E-state index contributed by atoms with van der Waals surface area (Å²) in [6, 6.07) is 0.642. The molecule has 1 heterocycles. The van der Waals surface area contributed by atoms with Gasteiger partial charge >= 0.3 is 12.0 Å². The third kappa shape index (κ3) is 3.45. The van der Waals surface area contributed by atoms with Crippen LogP contribution < -0.4 is 14.8 Å². The van der Waals surface area contributed by atoms with E-state index in [-0.39, 0.29) is 0 Å². The van der Waals surface area contributed by atoms with Gasteiger partial charge in [0.1, 0.15) is 0 Å². The van der Waals surface area contributed by atoms with Crippen molar-refractivity contribution in [2.24, 2.45) is 5.92 Å². The van der Waals surface area contributed by atoms with E-state index in [0.717, 1.165) is 0 Å². The van der Waals surface area contributed by atoms with Gasteiger partial charge in [-0.2, -0.15) is 9.97 Å². The molecule has 1 aromatic heterocycles. The van der Waals surface area contributed by atoms with Gasteiger partial charge in [0.05, 0.1) is 13.2 Å². The molecular formula is C12H20N4O2. The second-order valence-corrected chi connectivity index (χ2v) is 4.37. The number of hydrogen-bond donors (Lipinski definition) is 1. The molecule has 0 aliphatic heterocycles. The Morgan fingerprint density at radius 2 is 1.78 bits per heavy atom. The number of nitrogens with one attached hydrogen (secondary N) is 1. The molecule has 1 saturated carbocycles. The van der Waals surface area contributed by atoms with Crippen LogP contribution in [0.1, 0.15) is 32.6 Å². The topological polar surface area (TPSA) is 69.2 Å². The number of anilines is 1. The molecule has 2 rings (SSSR count). The van der Waals surface area contributed by atoms with E-state index in [9.17, 15) is 0 Å². The largest absolute Gasteiger partial charge is 0.464 e. The van der Waals surface area contributed by atoms with Gasteiger partial charge < -0.3 is 14.8 Å². The average molecular weight is 252 g/mol. The minimum Gasteiger partial charge on any atom is -0.464 e. The first-order valence-corrected chi connectivity index (χ1v) is 6.51. The molecule has 1 aromatic rings. The van der Waals surface area contributed by atoms with Gasteiger partial charge in [0.25, 0.3) is 0 Å². The maximum Gasteiger partial charge on any atom is 0.324 e. The lowest BCUT2D eigenvalue weighted by Gasteiger charge is -2.11. The van der Waals surface area contributed by atoms with E-state index in [0.29, 0.717) is 37.1 Å². The van der Waals surface area contributed by atoms with Gasteiger partial charge in [-0.25, -0.2) is 0 Å². The number of ether oxygens (including phenoxy) is 2. The summed E-state index contributed by atoms with van der Waals surface area (Å²) in [6.45, 7) is 3.09. The Hall–Kier alpha value is -1.59. The van der Waals surface area contributed by atoms with Gasteiger partial charge in [-0.15, -0.1) is 4.98 Å². The number of nitrogens with zero attached hydrogens (tertiary/aromatic N) is 3. The van der Waals surface area contributed by atoms with Crippen molar-refractivity contribution in [3.8, 4) is 12.0 Å². The molecule has 6 nitrogen and oxygen atoms in total. The summed E-state index contributed by atoms with van der Waals surface area (Å²) in [5, 5.41) is 2.87. The maximum atomic E-state index is 5.64. The van der Waals surface area contributed by atoms with E-state index in [1.54, 1.807) is 7.05 Å². The van der Waals surface area contributed by atoms with Gasteiger partial charge in [-0.1, -0.05) is 12.8 Å². The monoisotopic (exact) mass is 252 g/mol. The fourth-order valence-corrected chi connectivity index (χ4v) is 2.08. The van der Waals surface area contributed by atoms with Crippen LogP contribution in [0.25, 0.3) is 0 Å². The highest BCUT2D eigenvalue weighted by molar-refractivity contribution is 5.26. The third-order valence-electron chi connectivity index (χ3n) is 3.01. The van der Waals surface area contributed by atoms with E-state index in [4.69, 9.17) is 9.47 Å². The van der Waals surface area contributed by atoms with Crippen LogP contribution >= 0.6 is 0 Å². The van der Waals surface area contributed by atoms with Crippen molar-refractivity contribution < 1.29 is 9.47 Å². The zero-order valence-electron chi connectivity index (χ0n) is 11.0. The van der Waals surface area contributed by atoms with E-state index < -0.39 is 0 Å². The van der Waals surface area contributed by atoms with Crippen LogP contribution in [0.4, 0.5) is 5.95 Å². The lowest BCUT2D eigenvalue weighted by atomic mass is 10.1. The highest BCUT2D eigenvalue weighted by Gasteiger charge is 2.16. The Balaban J connectivity index is 1.98. The molecule has 18 heavy (non-hydrogen) atoms. The zero-order valence-corrected chi connectivity index (χ0v) is 11.0. The lowest BCUT2D eigenvalue weighted by molar-refractivity contribution is 0.226. The van der Waals surface area contributed by atoms with Crippen molar-refractivity contribution in [1.29, 1.82) is 0 Å². The quantitative estimate of drug-likeness (QED) is 0.833. The molecule has 0 radical (unpaired) electrons. The minimum atomic E-state index is 0.304. The lowest BCUT2D eigenvalue weighted by Crippen LogP contribution is -2.12. The Morgan fingerprint density at radius 1 is 1.11 bits per heavy atom. The van der Waals surface area contributed by atoms with Crippen LogP contribution in [-0.2, 0) is 0 Å². The molecule has 6 heteroatoms. The van der Waals surface area contributed by atoms with E-state index in [1.807, 2.05) is 6.92 Å². The molecule has 0 spiro atoms. The fraction of sp³-hybridized carbons (Fsp3) is 0.750. The smallest absolute Gasteiger partial charge is 0.324 e. The van der Waals surface area contributed by atoms with E-state index in [2.05, 4.69) is 20.3 Å². The molecule has 1 aliphatic rings. The summed E-state index contributed by atoms with van der Waals surface area (Å²) in [5.41, 5.74) is 0. The van der Waals surface area contributed by atoms with Crippen LogP contribution in [0.3, 0.4) is 0 Å². The van der Waals surface area contributed by atoms with Crippen molar-refractivity contribution >= 4 is 5.95 Å². The molecule has 1 fully saturated rings. The SMILES string of the molecule is CCOc1nc(NC)nc(OCC2CCCC2)n1. The highest BCUT2D eigenvalue weighted by atomic mass is 16.5. The second kappa shape index (κ2) is 6.37. The Morgan fingerprint density at radius 3 is 2.39 bits per heavy atom. The van der Waals surface area contributed by atoms with Crippen molar-refractivity contribution in [3.05, 3.63) is 0 Å². The Kier molecular flexibility index (Phi) is 4.55. The standard InChI is InChI=1S/C12H20N4O2/c1-3-17-11-14-10(13-2)15-12(16-11)18-8-9-6-4-5-7-9/h9H,3-8H2,1-2H3,(H,13,14,15,16). The summed E-state index contributed by atoms with van der Waals surface area (Å²) in [5.74, 6) is 1.10. The molecule has 0 atom stereocenters. The number of rotatable bonds is 6. The maximum absolute atomic E-state index is 5.64. The molecule has 0 amide bonds. The number of hydrogen-bond acceptors (Lipinski definition) is 6. The molecule has 0 saturated heterocycles. The second-order valence-electron chi connectivity index (χ2n) is 4.37. The predicted molar refractivity (Wildman–Crippen MR) is 68.0 cm³/mol. The first kappa shape index (κ1) is 12.9. The summed E-state index contributed by atoms with van der Waals surface area (Å²) in [6.07, 6.45) is 5.08. The van der Waals surface area contributed by atoms with Crippen molar-refractivity contribution in [1.82, 2.24) is 15.0 Å². The molecule has 0 aromatic carbocycles. The van der Waals surface area contributed by atoms with Crippen LogP contribution in [-0.4, -0.2) is 35.2 Å². The summed E-state index contributed by atoms with van der Waals surface area (Å²) in [4.78, 5) is 12.4. The van der Waals surface area contributed by atoms with Gasteiger partial charge in [0, 0.05) is 7.05 Å². The first-order chi connectivity index (χ1) is 8.81. The highest BCUT2D eigenvalue weighted by Crippen LogP contribution is 2.25. The van der Waals surface area contributed by atoms with Crippen LogP contribution in [0.5, 0.6) is 12.0 Å². The van der Waals surface area contributed by atoms with Crippen molar-refractivity contribution in [2.45, 2.75) is 32.6 Å². The third-order valence-corrected chi connectivity index (χ3v) is 3.01. The molecule has 0 bridgehead atoms. The first-order valence-electron chi connectivity index (χ1n) is 6.51. The fourth-order valence-electron chi connectivity index (χ4n) is 2.08. The van der Waals surface area contributed by atoms with Crippen molar-refractivity contribution in [3.63, 3.8) is 0 Å². The Bertz CT molecular complexity index is 380. The summed E-state index contributed by atoms with van der Waals surface area (Å²) >= 11 is 0. The molecule has 100 valence electrons. The summed E-state index contributed by atoms with van der Waals surface area (Å²) < 4.78 is 10.9. The molecular weight excluding hydrogens is 232 g/mol. The van der Waals surface area contributed by atoms with Gasteiger partial charge in [-0.3, -0.25) is 0 Å².